The van der Waals surface area contributed by atoms with Crippen LogP contribution in [-0.4, -0.2) is 32.9 Å². The van der Waals surface area contributed by atoms with Crippen LogP contribution < -0.4 is 5.32 Å². The maximum atomic E-state index is 11.8. The Balaban J connectivity index is 1.77. The van der Waals surface area contributed by atoms with Crippen molar-refractivity contribution < 1.29 is 4.79 Å². The summed E-state index contributed by atoms with van der Waals surface area (Å²) in [5, 5.41) is 12.6. The quantitative estimate of drug-likeness (QED) is 0.417. The number of benzene rings is 1. The van der Waals surface area contributed by atoms with E-state index in [2.05, 4.69) is 25.3 Å². The second-order valence-corrected chi connectivity index (χ2v) is 6.29. The van der Waals surface area contributed by atoms with Crippen LogP contribution in [0.5, 0.6) is 0 Å². The highest BCUT2D eigenvalue weighted by Crippen LogP contribution is 2.30. The van der Waals surface area contributed by atoms with E-state index in [1.807, 2.05) is 48.7 Å². The molecule has 2 N–H and O–H groups in total. The zero-order valence-electron chi connectivity index (χ0n) is 15.5. The van der Waals surface area contributed by atoms with Crippen LogP contribution in [0.15, 0.2) is 66.9 Å². The van der Waals surface area contributed by atoms with E-state index in [1.54, 1.807) is 18.5 Å². The molecule has 7 nitrogen and oxygen atoms in total. The molecule has 0 radical (unpaired) electrons. The Morgan fingerprint density at radius 3 is 2.86 bits per heavy atom. The number of rotatable bonds is 4. The molecule has 3 aromatic heterocycles. The Hall–Kier alpha value is -4.31. The zero-order chi connectivity index (χ0) is 20.2. The molecule has 0 saturated carbocycles. The Morgan fingerprint density at radius 2 is 2.10 bits per heavy atom. The van der Waals surface area contributed by atoms with Gasteiger partial charge in [-0.2, -0.15) is 5.26 Å². The van der Waals surface area contributed by atoms with Gasteiger partial charge in [-0.1, -0.05) is 18.2 Å². The minimum Gasteiger partial charge on any atom is -0.354 e. The summed E-state index contributed by atoms with van der Waals surface area (Å²) in [7, 11) is 1.50. The monoisotopic (exact) mass is 380 g/mol. The zero-order valence-corrected chi connectivity index (χ0v) is 15.5. The van der Waals surface area contributed by atoms with Gasteiger partial charge in [-0.3, -0.25) is 4.79 Å². The molecule has 0 aliphatic rings. The van der Waals surface area contributed by atoms with Gasteiger partial charge in [0.2, 0.25) is 0 Å². The molecule has 4 aromatic rings. The summed E-state index contributed by atoms with van der Waals surface area (Å²) in [6.07, 6.45) is 8.45. The van der Waals surface area contributed by atoms with Crippen LogP contribution in [0.25, 0.3) is 39.5 Å². The summed E-state index contributed by atoms with van der Waals surface area (Å²) in [6, 6.07) is 13.4. The van der Waals surface area contributed by atoms with Gasteiger partial charge in [0.15, 0.2) is 0 Å². The Kier molecular flexibility index (Phi) is 4.82. The van der Waals surface area contributed by atoms with Gasteiger partial charge in [-0.25, -0.2) is 15.0 Å². The number of pyridine rings is 1. The number of carbonyl (C=O) groups is 1. The average Bonchev–Trinajstić information content (AvgIpc) is 3.21. The van der Waals surface area contributed by atoms with Gasteiger partial charge in [-0.15, -0.1) is 0 Å². The van der Waals surface area contributed by atoms with Crippen LogP contribution in [0.2, 0.25) is 0 Å². The molecule has 1 aromatic carbocycles. The predicted molar refractivity (Wildman–Crippen MR) is 110 cm³/mol. The second-order valence-electron chi connectivity index (χ2n) is 6.29. The normalized spacial score (nSPS) is 11.2. The number of nitriles is 1. The summed E-state index contributed by atoms with van der Waals surface area (Å²) < 4.78 is 0. The minimum absolute atomic E-state index is 0.0508. The maximum Gasteiger partial charge on any atom is 0.261 e. The summed E-state index contributed by atoms with van der Waals surface area (Å²) in [4.78, 5) is 27.7. The van der Waals surface area contributed by atoms with Crippen molar-refractivity contribution in [2.45, 2.75) is 0 Å². The predicted octanol–water partition coefficient (Wildman–Crippen LogP) is 3.34. The van der Waals surface area contributed by atoms with Crippen LogP contribution in [0.3, 0.4) is 0 Å². The van der Waals surface area contributed by atoms with Crippen LogP contribution in [-0.2, 0) is 4.79 Å². The number of aromatic amines is 1. The maximum absolute atomic E-state index is 11.8. The molecule has 7 heteroatoms. The molecular formula is C22H16N6O. The van der Waals surface area contributed by atoms with Crippen molar-refractivity contribution in [3.63, 3.8) is 0 Å². The number of fused-ring (bicyclic) bond motifs is 1. The van der Waals surface area contributed by atoms with E-state index >= 15 is 0 Å². The summed E-state index contributed by atoms with van der Waals surface area (Å²) in [6.45, 7) is 0. The first-order valence-electron chi connectivity index (χ1n) is 8.87. The van der Waals surface area contributed by atoms with Gasteiger partial charge < -0.3 is 10.3 Å². The van der Waals surface area contributed by atoms with Gasteiger partial charge >= 0.3 is 0 Å². The topological polar surface area (TPSA) is 107 Å². The molecule has 140 valence electrons. The standard InChI is InChI=1S/C22H16N6O/c1-24-22(29)16(10-23)8-14-3-2-4-15(7-14)17-9-18-19(12-27-21(18)26-11-17)20-5-6-25-13-28-20/h2-9,11-13H,1H3,(H,24,29)(H,26,27)/b16-8+. The van der Waals surface area contributed by atoms with Gasteiger partial charge in [0.05, 0.1) is 5.69 Å². The highest BCUT2D eigenvalue weighted by molar-refractivity contribution is 6.01. The average molecular weight is 380 g/mol. The highest BCUT2D eigenvalue weighted by atomic mass is 16.1. The molecule has 4 rings (SSSR count). The third-order valence-corrected chi connectivity index (χ3v) is 4.51. The van der Waals surface area contributed by atoms with Crippen LogP contribution in [0, 0.1) is 11.3 Å². The molecule has 1 amide bonds. The SMILES string of the molecule is CNC(=O)/C(C#N)=C/c1cccc(-c2cnc3[nH]cc(-c4ccncn4)c3c2)c1. The fraction of sp³-hybridized carbons (Fsp3) is 0.0455. The minimum atomic E-state index is -0.414. The number of hydrogen-bond acceptors (Lipinski definition) is 5. The van der Waals surface area contributed by atoms with E-state index in [0.717, 1.165) is 39.0 Å². The fourth-order valence-electron chi connectivity index (χ4n) is 3.08. The lowest BCUT2D eigenvalue weighted by atomic mass is 10.0. The van der Waals surface area contributed by atoms with Crippen LogP contribution in [0.4, 0.5) is 0 Å². The van der Waals surface area contributed by atoms with Gasteiger partial charge in [0.25, 0.3) is 5.91 Å². The number of carbonyl (C=O) groups excluding carboxylic acids is 1. The molecule has 0 aliphatic carbocycles. The van der Waals surface area contributed by atoms with Crippen molar-refractivity contribution >= 4 is 23.0 Å². The molecule has 0 spiro atoms. The number of nitrogens with zero attached hydrogens (tertiary/aromatic N) is 4. The Morgan fingerprint density at radius 1 is 1.21 bits per heavy atom. The number of amides is 1. The van der Waals surface area contributed by atoms with Crippen molar-refractivity contribution in [3.8, 4) is 28.5 Å². The molecule has 3 heterocycles. The largest absolute Gasteiger partial charge is 0.354 e. The number of likely N-dealkylation sites (N-methyl/N-ethyl adjacent to an activating group) is 1. The van der Waals surface area contributed by atoms with Crippen molar-refractivity contribution in [3.05, 3.63) is 72.5 Å². The molecular weight excluding hydrogens is 364 g/mol. The van der Waals surface area contributed by atoms with E-state index in [9.17, 15) is 10.1 Å². The third kappa shape index (κ3) is 3.59. The smallest absolute Gasteiger partial charge is 0.261 e. The lowest BCUT2D eigenvalue weighted by Crippen LogP contribution is -2.19. The van der Waals surface area contributed by atoms with Crippen LogP contribution in [0.1, 0.15) is 5.56 Å². The Bertz CT molecular complexity index is 1270. The molecule has 0 bridgehead atoms. The van der Waals surface area contributed by atoms with Crippen molar-refractivity contribution in [1.82, 2.24) is 25.3 Å². The molecule has 0 saturated heterocycles. The number of H-pyrrole nitrogens is 1. The van der Waals surface area contributed by atoms with E-state index in [-0.39, 0.29) is 5.57 Å². The van der Waals surface area contributed by atoms with Crippen molar-refractivity contribution in [2.24, 2.45) is 0 Å². The van der Waals surface area contributed by atoms with Crippen LogP contribution >= 0.6 is 0 Å². The molecule has 0 unspecified atom stereocenters. The van der Waals surface area contributed by atoms with E-state index < -0.39 is 5.91 Å². The fourth-order valence-corrected chi connectivity index (χ4v) is 3.08. The summed E-state index contributed by atoms with van der Waals surface area (Å²) >= 11 is 0. The van der Waals surface area contributed by atoms with Gasteiger partial charge in [0, 0.05) is 42.2 Å². The number of aromatic nitrogens is 4. The molecule has 29 heavy (non-hydrogen) atoms. The lowest BCUT2D eigenvalue weighted by Gasteiger charge is -2.05. The van der Waals surface area contributed by atoms with E-state index in [1.165, 1.54) is 13.4 Å². The summed E-state index contributed by atoms with van der Waals surface area (Å²) in [5.74, 6) is -0.414. The van der Waals surface area contributed by atoms with Gasteiger partial charge in [-0.05, 0) is 35.4 Å². The van der Waals surface area contributed by atoms with E-state index in [0.29, 0.717) is 0 Å². The Labute approximate surface area is 166 Å². The van der Waals surface area contributed by atoms with Gasteiger partial charge in [0.1, 0.15) is 23.6 Å². The number of hydrogen-bond donors (Lipinski definition) is 2. The molecule has 0 atom stereocenters. The van der Waals surface area contributed by atoms with Crippen molar-refractivity contribution in [2.75, 3.05) is 7.05 Å². The second kappa shape index (κ2) is 7.74. The first kappa shape index (κ1) is 18.1. The molecule has 0 fully saturated rings. The first-order valence-corrected chi connectivity index (χ1v) is 8.87. The molecule has 0 aliphatic heterocycles. The highest BCUT2D eigenvalue weighted by Gasteiger charge is 2.11. The number of nitrogens with one attached hydrogen (secondary N) is 2. The van der Waals surface area contributed by atoms with E-state index in [4.69, 9.17) is 0 Å². The summed E-state index contributed by atoms with van der Waals surface area (Å²) in [5.41, 5.74) is 5.18. The third-order valence-electron chi connectivity index (χ3n) is 4.51. The first-order chi connectivity index (χ1) is 14.2. The lowest BCUT2D eigenvalue weighted by molar-refractivity contribution is -0.116. The van der Waals surface area contributed by atoms with Crippen molar-refractivity contribution in [1.29, 1.82) is 5.26 Å².